The predicted molar refractivity (Wildman–Crippen MR) is 46.2 cm³/mol. The topological polar surface area (TPSA) is 38.4 Å². The van der Waals surface area contributed by atoms with E-state index < -0.39 is 11.9 Å². The van der Waals surface area contributed by atoms with Crippen molar-refractivity contribution in [2.75, 3.05) is 0 Å². The quantitative estimate of drug-likeness (QED) is 0.670. The first-order valence-electron chi connectivity index (χ1n) is 3.48. The molecule has 0 fully saturated rings. The van der Waals surface area contributed by atoms with Gasteiger partial charge in [0.1, 0.15) is 5.70 Å². The molecule has 0 aromatic heterocycles. The summed E-state index contributed by atoms with van der Waals surface area (Å²) < 4.78 is 35.6. The van der Waals surface area contributed by atoms with Crippen LogP contribution in [0.4, 0.5) is 13.2 Å². The number of nitrogens with zero attached hydrogens (tertiary/aromatic N) is 1. The van der Waals surface area contributed by atoms with Crippen molar-refractivity contribution in [3.05, 3.63) is 24.0 Å². The lowest BCUT2D eigenvalue weighted by molar-refractivity contribution is -0.0925. The third-order valence-corrected chi connectivity index (χ3v) is 1.06. The molecule has 2 nitrogen and oxygen atoms in total. The van der Waals surface area contributed by atoms with E-state index in [2.05, 4.69) is 11.6 Å². The van der Waals surface area contributed by atoms with Gasteiger partial charge in [0, 0.05) is 11.4 Å². The van der Waals surface area contributed by atoms with E-state index >= 15 is 0 Å². The van der Waals surface area contributed by atoms with Crippen LogP contribution in [0, 0.1) is 0 Å². The van der Waals surface area contributed by atoms with Crippen molar-refractivity contribution in [1.29, 1.82) is 0 Å². The van der Waals surface area contributed by atoms with Crippen LogP contribution in [0.15, 0.2) is 29.0 Å². The van der Waals surface area contributed by atoms with Crippen molar-refractivity contribution in [3.8, 4) is 0 Å². The molecule has 13 heavy (non-hydrogen) atoms. The largest absolute Gasteiger partial charge is 0.430 e. The number of halogens is 3. The Morgan fingerprint density at radius 3 is 2.15 bits per heavy atom. The third-order valence-electron chi connectivity index (χ3n) is 1.06. The number of nitrogens with two attached hydrogens (primary N) is 1. The molecular weight excluding hydrogens is 181 g/mol. The monoisotopic (exact) mass is 192 g/mol. The van der Waals surface area contributed by atoms with Gasteiger partial charge in [-0.25, -0.2) is 0 Å². The van der Waals surface area contributed by atoms with Crippen LogP contribution >= 0.6 is 0 Å². The van der Waals surface area contributed by atoms with Gasteiger partial charge in [0.25, 0.3) is 0 Å². The Morgan fingerprint density at radius 2 is 1.85 bits per heavy atom. The second-order valence-corrected chi connectivity index (χ2v) is 2.59. The summed E-state index contributed by atoms with van der Waals surface area (Å²) in [6, 6.07) is 0. The molecule has 0 aromatic rings. The zero-order chi connectivity index (χ0) is 10.6. The molecule has 0 radical (unpaired) electrons. The Hall–Kier alpha value is -1.26. The van der Waals surface area contributed by atoms with Gasteiger partial charge >= 0.3 is 6.18 Å². The second-order valence-electron chi connectivity index (χ2n) is 2.59. The molecule has 0 atom stereocenters. The van der Waals surface area contributed by atoms with Crippen LogP contribution in [0.25, 0.3) is 0 Å². The predicted octanol–water partition coefficient (Wildman–Crippen LogP) is 2.39. The number of alkyl halides is 3. The van der Waals surface area contributed by atoms with Crippen molar-refractivity contribution >= 4 is 5.71 Å². The van der Waals surface area contributed by atoms with Gasteiger partial charge in [-0.05, 0) is 19.9 Å². The zero-order valence-electron chi connectivity index (χ0n) is 7.44. The highest BCUT2D eigenvalue weighted by Crippen LogP contribution is 2.21. The standard InChI is InChI=1S/C8H11F3N2/c1-5(2)13-6(3)4-7(12)8(9,10)11/h4H,1,12H2,2-3H3/b7-4-,13-6?. The fourth-order valence-electron chi connectivity index (χ4n) is 0.640. The van der Waals surface area contributed by atoms with E-state index in [0.29, 0.717) is 5.70 Å². The molecule has 0 aliphatic rings. The molecule has 2 N–H and O–H groups in total. The van der Waals surface area contributed by atoms with E-state index in [1.165, 1.54) is 6.92 Å². The molecule has 0 aromatic carbocycles. The summed E-state index contributed by atoms with van der Waals surface area (Å²) in [6.07, 6.45) is -3.72. The lowest BCUT2D eigenvalue weighted by atomic mass is 10.3. The Labute approximate surface area is 74.6 Å². The number of hydrogen-bond acceptors (Lipinski definition) is 2. The van der Waals surface area contributed by atoms with E-state index in [1.54, 1.807) is 6.92 Å². The Kier molecular flexibility index (Phi) is 3.71. The molecule has 0 aliphatic carbocycles. The first-order chi connectivity index (χ1) is 5.73. The second kappa shape index (κ2) is 4.11. The SMILES string of the molecule is C=C(C)N=C(C)/C=C(\N)C(F)(F)F. The molecule has 5 heteroatoms. The summed E-state index contributed by atoms with van der Waals surface area (Å²) in [5.74, 6) is 0. The third kappa shape index (κ3) is 5.05. The molecule has 0 bridgehead atoms. The Bertz CT molecular complexity index is 261. The maximum Gasteiger partial charge on any atom is 0.430 e. The van der Waals surface area contributed by atoms with Gasteiger partial charge in [-0.15, -0.1) is 0 Å². The fraction of sp³-hybridized carbons (Fsp3) is 0.375. The summed E-state index contributed by atoms with van der Waals surface area (Å²) in [5.41, 5.74) is 4.21. The van der Waals surface area contributed by atoms with E-state index in [-0.39, 0.29) is 5.71 Å². The van der Waals surface area contributed by atoms with Crippen LogP contribution in [0.5, 0.6) is 0 Å². The van der Waals surface area contributed by atoms with Crippen LogP contribution in [0.3, 0.4) is 0 Å². The Morgan fingerprint density at radius 1 is 1.38 bits per heavy atom. The maximum absolute atomic E-state index is 11.9. The maximum atomic E-state index is 11.9. The van der Waals surface area contributed by atoms with Crippen LogP contribution in [-0.4, -0.2) is 11.9 Å². The minimum Gasteiger partial charge on any atom is -0.395 e. The molecule has 0 saturated carbocycles. The summed E-state index contributed by atoms with van der Waals surface area (Å²) >= 11 is 0. The van der Waals surface area contributed by atoms with Gasteiger partial charge < -0.3 is 5.73 Å². The van der Waals surface area contributed by atoms with Gasteiger partial charge in [0.2, 0.25) is 0 Å². The molecule has 0 aliphatic heterocycles. The highest BCUT2D eigenvalue weighted by molar-refractivity contribution is 5.94. The first kappa shape index (κ1) is 11.7. The summed E-state index contributed by atoms with van der Waals surface area (Å²) in [4.78, 5) is 3.70. The van der Waals surface area contributed by atoms with E-state index in [9.17, 15) is 13.2 Å². The van der Waals surface area contributed by atoms with Gasteiger partial charge in [0.05, 0.1) is 0 Å². The van der Waals surface area contributed by atoms with Gasteiger partial charge in [-0.3, -0.25) is 4.99 Å². The van der Waals surface area contributed by atoms with Crippen molar-refractivity contribution < 1.29 is 13.2 Å². The highest BCUT2D eigenvalue weighted by atomic mass is 19.4. The number of aliphatic imine (C=N–C) groups is 1. The minimum absolute atomic E-state index is 0.183. The lowest BCUT2D eigenvalue weighted by Crippen LogP contribution is -2.20. The van der Waals surface area contributed by atoms with E-state index in [4.69, 9.17) is 5.73 Å². The van der Waals surface area contributed by atoms with Gasteiger partial charge in [0.15, 0.2) is 0 Å². The van der Waals surface area contributed by atoms with Gasteiger partial charge in [-0.1, -0.05) is 6.58 Å². The first-order valence-corrected chi connectivity index (χ1v) is 3.48. The van der Waals surface area contributed by atoms with E-state index in [0.717, 1.165) is 6.08 Å². The molecular formula is C8H11F3N2. The van der Waals surface area contributed by atoms with Crippen molar-refractivity contribution in [2.45, 2.75) is 20.0 Å². The summed E-state index contributed by atoms with van der Waals surface area (Å²) in [6.45, 7) is 6.43. The smallest absolute Gasteiger partial charge is 0.395 e. The van der Waals surface area contributed by atoms with Crippen LogP contribution in [-0.2, 0) is 0 Å². The van der Waals surface area contributed by atoms with Crippen LogP contribution in [0.1, 0.15) is 13.8 Å². The number of hydrogen-bond donors (Lipinski definition) is 1. The van der Waals surface area contributed by atoms with Crippen LogP contribution in [0.2, 0.25) is 0 Å². The fourth-order valence-corrected chi connectivity index (χ4v) is 0.640. The normalized spacial score (nSPS) is 14.5. The average molecular weight is 192 g/mol. The molecule has 0 saturated heterocycles. The molecule has 0 heterocycles. The Balaban J connectivity index is 4.67. The van der Waals surface area contributed by atoms with Crippen molar-refractivity contribution in [2.24, 2.45) is 10.7 Å². The van der Waals surface area contributed by atoms with Crippen molar-refractivity contribution in [3.63, 3.8) is 0 Å². The number of allylic oxidation sites excluding steroid dienone is 3. The lowest BCUT2D eigenvalue weighted by Gasteiger charge is -2.05. The molecule has 0 spiro atoms. The average Bonchev–Trinajstić information content (AvgIpc) is 1.82. The van der Waals surface area contributed by atoms with Crippen LogP contribution < -0.4 is 5.73 Å². The van der Waals surface area contributed by atoms with Crippen molar-refractivity contribution in [1.82, 2.24) is 0 Å². The molecule has 74 valence electrons. The minimum atomic E-state index is -4.49. The molecule has 0 unspecified atom stereocenters. The summed E-state index contributed by atoms with van der Waals surface area (Å²) in [7, 11) is 0. The highest BCUT2D eigenvalue weighted by Gasteiger charge is 2.31. The summed E-state index contributed by atoms with van der Waals surface area (Å²) in [5, 5.41) is 0. The molecule has 0 amide bonds. The van der Waals surface area contributed by atoms with Gasteiger partial charge in [-0.2, -0.15) is 13.2 Å². The number of rotatable bonds is 2. The van der Waals surface area contributed by atoms with E-state index in [1.807, 2.05) is 0 Å². The molecule has 0 rings (SSSR count). The zero-order valence-corrected chi connectivity index (χ0v) is 7.44.